The van der Waals surface area contributed by atoms with Crippen molar-refractivity contribution in [2.75, 3.05) is 5.32 Å². The number of aryl methyl sites for hydroxylation is 1. The van der Waals surface area contributed by atoms with Gasteiger partial charge in [-0.1, -0.05) is 35.3 Å². The Balaban J connectivity index is -0.000000902. The molecule has 2 rings (SSSR count). The van der Waals surface area contributed by atoms with Crippen LogP contribution in [0.25, 0.3) is 0 Å². The number of halogens is 2. The summed E-state index contributed by atoms with van der Waals surface area (Å²) in [5.74, 6) is -0.231. The molecule has 0 atom stereocenters. The topological polar surface area (TPSA) is 29.1 Å². The normalized spacial score (nSPS) is 8.32. The van der Waals surface area contributed by atoms with Gasteiger partial charge < -0.3 is 5.32 Å². The summed E-state index contributed by atoms with van der Waals surface area (Å²) < 4.78 is 0. The third-order valence-corrected chi connectivity index (χ3v) is 2.84. The van der Waals surface area contributed by atoms with E-state index in [1.54, 1.807) is 18.2 Å². The van der Waals surface area contributed by atoms with E-state index >= 15 is 0 Å². The van der Waals surface area contributed by atoms with Crippen molar-refractivity contribution >= 4 is 34.8 Å². The summed E-state index contributed by atoms with van der Waals surface area (Å²) in [5.41, 5.74) is 2.27. The van der Waals surface area contributed by atoms with Gasteiger partial charge in [0.25, 0.3) is 5.91 Å². The second kappa shape index (κ2) is 15.4. The van der Waals surface area contributed by atoms with Gasteiger partial charge in [-0.15, -0.1) is 0 Å². The minimum absolute atomic E-state index is 0. The van der Waals surface area contributed by atoms with E-state index in [1.807, 2.05) is 31.2 Å². The van der Waals surface area contributed by atoms with E-state index < -0.39 is 0 Å². The number of carbonyl (C=O) groups excluding carboxylic acids is 1. The Hall–Kier alpha value is 3.37. The number of rotatable bonds is 2. The molecule has 0 fully saturated rings. The van der Waals surface area contributed by atoms with Gasteiger partial charge in [0, 0.05) is 167 Å². The number of anilines is 1. The van der Waals surface area contributed by atoms with Crippen LogP contribution in [0.1, 0.15) is 15.9 Å². The zero-order valence-corrected chi connectivity index (χ0v) is 17.8. The maximum atomic E-state index is 12.0. The first-order valence-corrected chi connectivity index (χ1v) is 6.14. The molecule has 0 unspecified atom stereocenters. The smallest absolute Gasteiger partial charge is 0.255 e. The Morgan fingerprint density at radius 2 is 1.50 bits per heavy atom. The predicted molar refractivity (Wildman–Crippen MR) is 75.6 cm³/mol. The van der Waals surface area contributed by atoms with Crippen molar-refractivity contribution in [3.8, 4) is 0 Å². The first-order chi connectivity index (χ1) is 8.54. The monoisotopic (exact) mass is 488 g/mol. The molecule has 0 aliphatic carbocycles. The molecule has 0 saturated heterocycles. The molecule has 1 amide bonds. The zero-order valence-electron chi connectivity index (χ0n) is 11.3. The molecule has 0 aliphatic heterocycles. The van der Waals surface area contributed by atoms with Crippen molar-refractivity contribution < 1.29 is 151 Å². The van der Waals surface area contributed by atoms with Crippen molar-refractivity contribution in [1.82, 2.24) is 0 Å². The Morgan fingerprint density at radius 1 is 0.955 bits per heavy atom. The van der Waals surface area contributed by atoms with Crippen LogP contribution in [0.3, 0.4) is 0 Å². The number of hydrogen-bond donors (Lipinski definition) is 1. The van der Waals surface area contributed by atoms with Crippen LogP contribution in [0.5, 0.6) is 0 Å². The molecule has 0 aliphatic rings. The first-order valence-electron chi connectivity index (χ1n) is 5.39. The van der Waals surface area contributed by atoms with Crippen LogP contribution in [0.2, 0.25) is 10.0 Å². The zero-order chi connectivity index (χ0) is 13.1. The Kier molecular flexibility index (Phi) is 21.1. The third-order valence-electron chi connectivity index (χ3n) is 2.40. The molecule has 2 nitrogen and oxygen atoms in total. The van der Waals surface area contributed by atoms with Gasteiger partial charge in [-0.2, -0.15) is 0 Å². The van der Waals surface area contributed by atoms with E-state index in [1.165, 1.54) is 0 Å². The number of amides is 1. The minimum atomic E-state index is -0.231. The van der Waals surface area contributed by atoms with Gasteiger partial charge in [0.15, 0.2) is 0 Å². The number of benzene rings is 2. The van der Waals surface area contributed by atoms with Gasteiger partial charge in [-0.25, -0.2) is 0 Å². The fraction of sp³-hybridized carbons (Fsp3) is 0.0714. The summed E-state index contributed by atoms with van der Waals surface area (Å²) >= 11 is 11.7. The Bertz CT molecular complexity index is 594. The van der Waals surface area contributed by atoms with Gasteiger partial charge >= 0.3 is 0 Å². The Labute approximate surface area is 255 Å². The van der Waals surface area contributed by atoms with E-state index in [0.29, 0.717) is 15.6 Å². The molecule has 8 heteroatoms. The average Bonchev–Trinajstić information content (AvgIpc) is 2.27. The van der Waals surface area contributed by atoms with Crippen LogP contribution in [-0.2, 0) is 32.7 Å². The summed E-state index contributed by atoms with van der Waals surface area (Å²) in [5, 5.41) is 3.68. The maximum absolute atomic E-state index is 12.0. The molecule has 119 valence electrons. The van der Waals surface area contributed by atoms with E-state index in [-0.39, 0.29) is 152 Å². The molecule has 22 heavy (non-hydrogen) atoms. The molecule has 0 spiro atoms. The molecule has 2 aromatic carbocycles. The first kappa shape index (κ1) is 30.1. The molecule has 0 saturated carbocycles. The van der Waals surface area contributed by atoms with Gasteiger partial charge in [0.05, 0.1) is 0 Å². The number of nitrogens with one attached hydrogen (secondary N) is 1. The van der Waals surface area contributed by atoms with Crippen molar-refractivity contribution in [3.05, 3.63) is 63.6 Å². The quantitative estimate of drug-likeness (QED) is 0.660. The number of hydrogen-bond acceptors (Lipinski definition) is 1. The van der Waals surface area contributed by atoms with Crippen molar-refractivity contribution in [3.63, 3.8) is 0 Å². The van der Waals surface area contributed by atoms with Crippen molar-refractivity contribution in [2.45, 2.75) is 6.92 Å². The van der Waals surface area contributed by atoms with Crippen molar-refractivity contribution in [1.29, 1.82) is 0 Å². The van der Waals surface area contributed by atoms with E-state index in [9.17, 15) is 4.79 Å². The van der Waals surface area contributed by atoms with E-state index in [0.717, 1.165) is 11.3 Å². The molecule has 0 heterocycles. The fourth-order valence-electron chi connectivity index (χ4n) is 1.61. The summed E-state index contributed by atoms with van der Waals surface area (Å²) in [7, 11) is 0. The standard InChI is InChI=1S/C14H11Cl2NO.3Ar.Y/c1-9-3-2-4-13(5-9)17-14(18)10-6-11(15)8-12(16)7-10;;;;/h2-8H,1H3,(H,17,18);;;;. The second-order valence-corrected chi connectivity index (χ2v) is 4.85. The number of carbonyl (C=O) groups is 1. The van der Waals surface area contributed by atoms with Crippen LogP contribution in [0.4, 0.5) is 5.69 Å². The average molecular weight is 489 g/mol. The van der Waals surface area contributed by atoms with Gasteiger partial charge in [-0.05, 0) is 42.8 Å². The third kappa shape index (κ3) is 10.5. The molecule has 1 N–H and O–H groups in total. The van der Waals surface area contributed by atoms with Crippen LogP contribution in [0, 0.1) is 120 Å². The van der Waals surface area contributed by atoms with E-state index in [4.69, 9.17) is 23.2 Å². The Morgan fingerprint density at radius 3 is 2.00 bits per heavy atom. The molecule has 0 bridgehead atoms. The summed E-state index contributed by atoms with van der Waals surface area (Å²) in [6.07, 6.45) is 0. The van der Waals surface area contributed by atoms with Crippen LogP contribution >= 0.6 is 23.2 Å². The fourth-order valence-corrected chi connectivity index (χ4v) is 2.14. The molecule has 2 aromatic rings. The second-order valence-electron chi connectivity index (χ2n) is 3.98. The summed E-state index contributed by atoms with van der Waals surface area (Å²) in [4.78, 5) is 12.0. The maximum Gasteiger partial charge on any atom is 0.255 e. The largest absolute Gasteiger partial charge is 0.322 e. The van der Waals surface area contributed by atoms with Gasteiger partial charge in [0.2, 0.25) is 0 Å². The van der Waals surface area contributed by atoms with Gasteiger partial charge in [0.1, 0.15) is 0 Å². The van der Waals surface area contributed by atoms with E-state index in [2.05, 4.69) is 5.32 Å². The molecular weight excluding hydrogens is 478 g/mol. The minimum Gasteiger partial charge on any atom is -0.322 e. The molecule has 0 aromatic heterocycles. The van der Waals surface area contributed by atoms with Crippen LogP contribution in [0.15, 0.2) is 42.5 Å². The summed E-state index contributed by atoms with van der Waals surface area (Å²) in [6, 6.07) is 12.3. The molecule has 1 radical (unpaired) electrons. The summed E-state index contributed by atoms with van der Waals surface area (Å²) in [6.45, 7) is 1.96. The SMILES string of the molecule is Cc1cccc(NC(=O)c2cc(Cl)cc(Cl)c2)c1.[Ar].[Ar].[Ar].[Y]. The van der Waals surface area contributed by atoms with Crippen LogP contribution in [-0.4, -0.2) is 5.91 Å². The predicted octanol–water partition coefficient (Wildman–Crippen LogP) is 4.55. The van der Waals surface area contributed by atoms with Gasteiger partial charge in [-0.3, -0.25) is 4.79 Å². The van der Waals surface area contributed by atoms with Crippen LogP contribution < -0.4 is 5.32 Å². The molecular formula is C14H11Ar3Cl2NOY. The van der Waals surface area contributed by atoms with Crippen molar-refractivity contribution in [2.24, 2.45) is 0 Å².